The van der Waals surface area contributed by atoms with Crippen LogP contribution in [0.15, 0.2) is 53.0 Å². The molecule has 0 saturated carbocycles. The number of halogens is 5. The fraction of sp³-hybridized carbons (Fsp3) is 0.0476. The van der Waals surface area contributed by atoms with Gasteiger partial charge in [-0.05, 0) is 48.5 Å². The predicted octanol–water partition coefficient (Wildman–Crippen LogP) is 5.60. The van der Waals surface area contributed by atoms with E-state index in [1.165, 1.54) is 30.3 Å². The topological polar surface area (TPSA) is 58.2 Å². The van der Waals surface area contributed by atoms with Crippen molar-refractivity contribution in [2.45, 2.75) is 6.04 Å². The van der Waals surface area contributed by atoms with Crippen LogP contribution in [0.25, 0.3) is 0 Å². The van der Waals surface area contributed by atoms with Gasteiger partial charge in [-0.2, -0.15) is 0 Å². The highest BCUT2D eigenvalue weighted by Crippen LogP contribution is 2.41. The van der Waals surface area contributed by atoms with E-state index in [9.17, 15) is 22.8 Å². The zero-order valence-electron chi connectivity index (χ0n) is 14.9. The molecule has 2 amide bonds. The van der Waals surface area contributed by atoms with Crippen molar-refractivity contribution in [1.29, 1.82) is 0 Å². The lowest BCUT2D eigenvalue weighted by molar-refractivity contribution is 0.0959. The molecule has 1 aliphatic heterocycles. The monoisotopic (exact) mass is 494 g/mol. The third kappa shape index (κ3) is 3.68. The molecule has 0 aliphatic carbocycles. The first-order valence-corrected chi connectivity index (χ1v) is 9.77. The highest BCUT2D eigenvalue weighted by Gasteiger charge is 2.34. The van der Waals surface area contributed by atoms with Gasteiger partial charge in [-0.1, -0.05) is 27.5 Å². The molecule has 0 fully saturated rings. The molecule has 0 saturated heterocycles. The van der Waals surface area contributed by atoms with Crippen molar-refractivity contribution in [3.63, 3.8) is 0 Å². The Morgan fingerprint density at radius 2 is 1.73 bits per heavy atom. The number of hydrogen-bond acceptors (Lipinski definition) is 2. The normalized spacial score (nSPS) is 15.0. The van der Waals surface area contributed by atoms with Crippen LogP contribution in [0.3, 0.4) is 0 Å². The van der Waals surface area contributed by atoms with Crippen LogP contribution in [0.5, 0.6) is 0 Å². The summed E-state index contributed by atoms with van der Waals surface area (Å²) in [6.45, 7) is 0. The minimum Gasteiger partial charge on any atom is -0.341 e. The quantitative estimate of drug-likeness (QED) is 0.497. The summed E-state index contributed by atoms with van der Waals surface area (Å²) in [7, 11) is 0. The van der Waals surface area contributed by atoms with Gasteiger partial charge in [0.2, 0.25) is 0 Å². The third-order valence-electron chi connectivity index (χ3n) is 4.64. The maximum atomic E-state index is 14.0. The molecule has 3 aromatic rings. The molecule has 0 aromatic heterocycles. The number of amides is 2. The Bertz CT molecular complexity index is 1220. The lowest BCUT2D eigenvalue weighted by Crippen LogP contribution is -2.21. The van der Waals surface area contributed by atoms with Crippen LogP contribution in [-0.2, 0) is 0 Å². The first kappa shape index (κ1) is 20.4. The summed E-state index contributed by atoms with van der Waals surface area (Å²) in [6, 6.07) is 8.43. The van der Waals surface area contributed by atoms with Gasteiger partial charge in [-0.15, -0.1) is 0 Å². The van der Waals surface area contributed by atoms with Crippen molar-refractivity contribution < 1.29 is 22.8 Å². The van der Waals surface area contributed by atoms with Crippen molar-refractivity contribution in [1.82, 2.24) is 5.32 Å². The first-order valence-electron chi connectivity index (χ1n) is 8.60. The van der Waals surface area contributed by atoms with Gasteiger partial charge < -0.3 is 10.6 Å². The van der Waals surface area contributed by atoms with Crippen LogP contribution in [0.1, 0.15) is 37.9 Å². The summed E-state index contributed by atoms with van der Waals surface area (Å²) in [4.78, 5) is 25.1. The number of nitrogens with one attached hydrogen (secondary N) is 2. The molecule has 1 atom stereocenters. The molecule has 1 unspecified atom stereocenters. The molecule has 0 bridgehead atoms. The van der Waals surface area contributed by atoms with Crippen LogP contribution in [-0.4, -0.2) is 11.8 Å². The zero-order valence-corrected chi connectivity index (χ0v) is 17.2. The van der Waals surface area contributed by atoms with Gasteiger partial charge in [0.1, 0.15) is 17.5 Å². The second-order valence-electron chi connectivity index (χ2n) is 6.57. The summed E-state index contributed by atoms with van der Waals surface area (Å²) in [5, 5.41) is 5.44. The highest BCUT2D eigenvalue weighted by molar-refractivity contribution is 9.10. The molecule has 2 N–H and O–H groups in total. The Kier molecular flexibility index (Phi) is 5.29. The van der Waals surface area contributed by atoms with E-state index in [1.54, 1.807) is 0 Å². The fourth-order valence-corrected chi connectivity index (χ4v) is 4.02. The summed E-state index contributed by atoms with van der Waals surface area (Å²) in [6.07, 6.45) is 0. The average molecular weight is 496 g/mol. The van der Waals surface area contributed by atoms with Gasteiger partial charge in [-0.25, -0.2) is 13.2 Å². The summed E-state index contributed by atoms with van der Waals surface area (Å²) in [5.41, 5.74) is 0.516. The van der Waals surface area contributed by atoms with E-state index < -0.39 is 40.9 Å². The number of benzene rings is 3. The molecule has 0 radical (unpaired) electrons. The molecule has 0 spiro atoms. The highest BCUT2D eigenvalue weighted by atomic mass is 79.9. The van der Waals surface area contributed by atoms with Gasteiger partial charge in [0.25, 0.3) is 11.8 Å². The van der Waals surface area contributed by atoms with Crippen LogP contribution in [0.4, 0.5) is 18.9 Å². The fourth-order valence-electron chi connectivity index (χ4n) is 3.33. The maximum absolute atomic E-state index is 14.0. The molecule has 30 heavy (non-hydrogen) atoms. The van der Waals surface area contributed by atoms with Crippen LogP contribution < -0.4 is 10.6 Å². The third-order valence-corrected chi connectivity index (χ3v) is 5.45. The number of carbonyl (C=O) groups excluding carboxylic acids is 2. The molecule has 3 aromatic carbocycles. The predicted molar refractivity (Wildman–Crippen MR) is 109 cm³/mol. The smallest absolute Gasteiger partial charge is 0.258 e. The van der Waals surface area contributed by atoms with E-state index >= 15 is 0 Å². The Labute approximate surface area is 182 Å². The average Bonchev–Trinajstić information content (AvgIpc) is 3.02. The number of carbonyl (C=O) groups is 2. The van der Waals surface area contributed by atoms with Crippen LogP contribution in [0.2, 0.25) is 5.02 Å². The lowest BCUT2D eigenvalue weighted by Gasteiger charge is -2.18. The second kappa shape index (κ2) is 7.77. The van der Waals surface area contributed by atoms with E-state index in [0.29, 0.717) is 15.6 Å². The van der Waals surface area contributed by atoms with Crippen molar-refractivity contribution >= 4 is 45.0 Å². The van der Waals surface area contributed by atoms with Crippen molar-refractivity contribution in [2.24, 2.45) is 0 Å². The van der Waals surface area contributed by atoms with Gasteiger partial charge in [0.05, 0.1) is 11.6 Å². The summed E-state index contributed by atoms with van der Waals surface area (Å²) >= 11 is 9.47. The summed E-state index contributed by atoms with van der Waals surface area (Å²) < 4.78 is 41.8. The molecule has 1 aliphatic rings. The Hall–Kier alpha value is -2.84. The van der Waals surface area contributed by atoms with Gasteiger partial charge in [-0.3, -0.25) is 9.59 Å². The van der Waals surface area contributed by atoms with Crippen molar-refractivity contribution in [3.8, 4) is 0 Å². The number of anilines is 1. The van der Waals surface area contributed by atoms with E-state index in [2.05, 4.69) is 26.6 Å². The Morgan fingerprint density at radius 3 is 2.50 bits per heavy atom. The standard InChI is InChI=1S/C21H11BrClF3N2O2/c22-9-5-14-18(19(28-21(14)30)12-7-10(24)1-3-15(12)23)17(6-9)27-20(29)13-8-11(25)2-4-16(13)26/h1-8,19H,(H,27,29)(H,28,30). The second-order valence-corrected chi connectivity index (χ2v) is 7.89. The molecule has 152 valence electrons. The maximum Gasteiger partial charge on any atom is 0.258 e. The first-order chi connectivity index (χ1) is 14.2. The van der Waals surface area contributed by atoms with Gasteiger partial charge in [0, 0.05) is 31.9 Å². The van der Waals surface area contributed by atoms with E-state index in [0.717, 1.165) is 18.2 Å². The van der Waals surface area contributed by atoms with Crippen LogP contribution in [0, 0.1) is 17.5 Å². The van der Waals surface area contributed by atoms with Crippen LogP contribution >= 0.6 is 27.5 Å². The van der Waals surface area contributed by atoms with Gasteiger partial charge in [0.15, 0.2) is 0 Å². The molecule has 9 heteroatoms. The van der Waals surface area contributed by atoms with E-state index in [1.807, 2.05) is 0 Å². The van der Waals surface area contributed by atoms with Crippen molar-refractivity contribution in [2.75, 3.05) is 5.32 Å². The molecular formula is C21H11BrClF3N2O2. The van der Waals surface area contributed by atoms with Crippen molar-refractivity contribution in [3.05, 3.63) is 97.7 Å². The minimum atomic E-state index is -0.907. The van der Waals surface area contributed by atoms with Gasteiger partial charge >= 0.3 is 0 Å². The lowest BCUT2D eigenvalue weighted by atomic mass is 9.96. The largest absolute Gasteiger partial charge is 0.341 e. The molecule has 1 heterocycles. The number of hydrogen-bond donors (Lipinski definition) is 2. The molecule has 4 rings (SSSR count). The number of rotatable bonds is 3. The molecule has 4 nitrogen and oxygen atoms in total. The Morgan fingerprint density at radius 1 is 1.03 bits per heavy atom. The summed E-state index contributed by atoms with van der Waals surface area (Å²) in [5.74, 6) is -3.59. The number of fused-ring (bicyclic) bond motifs is 1. The molecular weight excluding hydrogens is 485 g/mol. The minimum absolute atomic E-state index is 0.164. The SMILES string of the molecule is O=C(Nc1cc(Br)cc2c1C(c1cc(F)ccc1Cl)NC2=O)c1cc(F)ccc1F. The zero-order chi connectivity index (χ0) is 21.6. The van der Waals surface area contributed by atoms with E-state index in [4.69, 9.17) is 11.6 Å². The Balaban J connectivity index is 1.82. The van der Waals surface area contributed by atoms with E-state index in [-0.39, 0.29) is 16.3 Å².